The average Bonchev–Trinajstić information content (AvgIpc) is 2.26. The Morgan fingerprint density at radius 1 is 1.53 bits per heavy atom. The lowest BCUT2D eigenvalue weighted by Crippen LogP contribution is -2.37. The minimum atomic E-state index is -0.477. The number of rotatable bonds is 5. The van der Waals surface area contributed by atoms with Crippen LogP contribution in [0.15, 0.2) is 24.3 Å². The van der Waals surface area contributed by atoms with E-state index >= 15 is 0 Å². The highest BCUT2D eigenvalue weighted by Crippen LogP contribution is 2.12. The van der Waals surface area contributed by atoms with Crippen LogP contribution >= 0.6 is 12.4 Å². The fraction of sp³-hybridized carbons (Fsp3) is 0.417. The molecule has 0 radical (unpaired) electrons. The van der Waals surface area contributed by atoms with Crippen molar-refractivity contribution in [3.63, 3.8) is 0 Å². The number of halogens is 1. The van der Waals surface area contributed by atoms with Gasteiger partial charge in [-0.15, -0.1) is 12.4 Å². The van der Waals surface area contributed by atoms with Crippen molar-refractivity contribution in [2.24, 2.45) is 5.73 Å². The summed E-state index contributed by atoms with van der Waals surface area (Å²) >= 11 is 0. The Bertz CT molecular complexity index is 356. The van der Waals surface area contributed by atoms with Crippen molar-refractivity contribution in [2.45, 2.75) is 26.4 Å². The Hall–Kier alpha value is -1.26. The van der Waals surface area contributed by atoms with Gasteiger partial charge in [-0.1, -0.05) is 12.1 Å². The third-order valence-corrected chi connectivity index (χ3v) is 2.09. The summed E-state index contributed by atoms with van der Waals surface area (Å²) < 4.78 is 5.36. The van der Waals surface area contributed by atoms with E-state index in [9.17, 15) is 4.79 Å². The van der Waals surface area contributed by atoms with Crippen molar-refractivity contribution in [2.75, 3.05) is 6.61 Å². The predicted octanol–water partition coefficient (Wildman–Crippen LogP) is 1.47. The second-order valence-electron chi connectivity index (χ2n) is 3.59. The highest BCUT2D eigenvalue weighted by atomic mass is 35.5. The Labute approximate surface area is 108 Å². The van der Waals surface area contributed by atoms with Crippen LogP contribution in [0.1, 0.15) is 19.4 Å². The van der Waals surface area contributed by atoms with Gasteiger partial charge in [-0.25, -0.2) is 0 Å². The molecule has 0 saturated carbocycles. The first kappa shape index (κ1) is 15.7. The zero-order valence-corrected chi connectivity index (χ0v) is 10.9. The van der Waals surface area contributed by atoms with Gasteiger partial charge >= 0.3 is 0 Å². The summed E-state index contributed by atoms with van der Waals surface area (Å²) in [4.78, 5) is 11.3. The van der Waals surface area contributed by atoms with Crippen molar-refractivity contribution in [3.05, 3.63) is 29.8 Å². The molecule has 1 amide bonds. The van der Waals surface area contributed by atoms with Gasteiger partial charge in [0.05, 0.1) is 12.6 Å². The first-order chi connectivity index (χ1) is 7.63. The third-order valence-electron chi connectivity index (χ3n) is 2.09. The van der Waals surface area contributed by atoms with Gasteiger partial charge in [-0.2, -0.15) is 0 Å². The average molecular weight is 259 g/mol. The highest BCUT2D eigenvalue weighted by molar-refractivity contribution is 5.85. The van der Waals surface area contributed by atoms with Gasteiger partial charge in [0.1, 0.15) is 5.75 Å². The summed E-state index contributed by atoms with van der Waals surface area (Å²) in [6, 6.07) is 7.16. The van der Waals surface area contributed by atoms with E-state index in [4.69, 9.17) is 10.5 Å². The van der Waals surface area contributed by atoms with E-state index in [0.29, 0.717) is 13.2 Å². The molecule has 1 aromatic rings. The molecule has 1 rings (SSSR count). The van der Waals surface area contributed by atoms with Gasteiger partial charge in [0, 0.05) is 6.54 Å². The van der Waals surface area contributed by atoms with Crippen LogP contribution in [0, 0.1) is 0 Å². The third kappa shape index (κ3) is 5.56. The van der Waals surface area contributed by atoms with Crippen molar-refractivity contribution in [1.29, 1.82) is 0 Å². The molecule has 1 aromatic carbocycles. The molecular formula is C12H19ClN2O2. The number of carbonyl (C=O) groups excluding carboxylic acids is 1. The van der Waals surface area contributed by atoms with E-state index in [1.165, 1.54) is 0 Å². The molecule has 0 aliphatic rings. The zero-order chi connectivity index (χ0) is 12.0. The van der Waals surface area contributed by atoms with Crippen LogP contribution in [0.2, 0.25) is 0 Å². The van der Waals surface area contributed by atoms with E-state index in [1.807, 2.05) is 31.2 Å². The Kier molecular flexibility index (Phi) is 7.34. The maximum absolute atomic E-state index is 11.3. The Morgan fingerprint density at radius 2 is 2.24 bits per heavy atom. The zero-order valence-electron chi connectivity index (χ0n) is 10.1. The minimum absolute atomic E-state index is 0. The molecule has 0 spiro atoms. The van der Waals surface area contributed by atoms with Crippen LogP contribution in [0.25, 0.3) is 0 Å². The smallest absolute Gasteiger partial charge is 0.236 e. The fourth-order valence-corrected chi connectivity index (χ4v) is 1.26. The van der Waals surface area contributed by atoms with E-state index in [1.54, 1.807) is 6.92 Å². The molecule has 5 heteroatoms. The van der Waals surface area contributed by atoms with E-state index in [0.717, 1.165) is 11.3 Å². The number of nitrogens with one attached hydrogen (secondary N) is 1. The van der Waals surface area contributed by atoms with Crippen LogP contribution in [-0.4, -0.2) is 18.6 Å². The molecular weight excluding hydrogens is 240 g/mol. The fourth-order valence-electron chi connectivity index (χ4n) is 1.26. The molecule has 0 heterocycles. The topological polar surface area (TPSA) is 64.3 Å². The normalized spacial score (nSPS) is 11.2. The first-order valence-electron chi connectivity index (χ1n) is 5.38. The van der Waals surface area contributed by atoms with E-state index < -0.39 is 6.04 Å². The number of amides is 1. The lowest BCUT2D eigenvalue weighted by molar-refractivity contribution is -0.122. The van der Waals surface area contributed by atoms with Crippen molar-refractivity contribution in [1.82, 2.24) is 5.32 Å². The quantitative estimate of drug-likeness (QED) is 0.841. The van der Waals surface area contributed by atoms with Crippen LogP contribution in [-0.2, 0) is 11.3 Å². The van der Waals surface area contributed by atoms with Gasteiger partial charge in [-0.3, -0.25) is 4.79 Å². The number of ether oxygens (including phenoxy) is 1. The maximum Gasteiger partial charge on any atom is 0.236 e. The van der Waals surface area contributed by atoms with Gasteiger partial charge in [0.2, 0.25) is 5.91 Å². The van der Waals surface area contributed by atoms with Crippen LogP contribution in [0.4, 0.5) is 0 Å². The van der Waals surface area contributed by atoms with Crippen molar-refractivity contribution in [3.8, 4) is 5.75 Å². The van der Waals surface area contributed by atoms with E-state index in [2.05, 4.69) is 5.32 Å². The summed E-state index contributed by atoms with van der Waals surface area (Å²) in [6.45, 7) is 4.70. The van der Waals surface area contributed by atoms with Crippen LogP contribution < -0.4 is 15.8 Å². The van der Waals surface area contributed by atoms with Gasteiger partial charge < -0.3 is 15.8 Å². The number of benzene rings is 1. The van der Waals surface area contributed by atoms with E-state index in [-0.39, 0.29) is 18.3 Å². The highest BCUT2D eigenvalue weighted by Gasteiger charge is 2.06. The standard InChI is InChI=1S/C12H18N2O2.ClH/c1-3-16-11-6-4-5-10(7-11)8-14-12(15)9(2)13;/h4-7,9H,3,8,13H2,1-2H3,(H,14,15);1H. The van der Waals surface area contributed by atoms with Crippen LogP contribution in [0.3, 0.4) is 0 Å². The Morgan fingerprint density at radius 3 is 2.82 bits per heavy atom. The Balaban J connectivity index is 0.00000256. The molecule has 96 valence electrons. The minimum Gasteiger partial charge on any atom is -0.494 e. The second kappa shape index (κ2) is 7.92. The summed E-state index contributed by atoms with van der Waals surface area (Å²) in [5.41, 5.74) is 6.44. The number of nitrogens with two attached hydrogens (primary N) is 1. The molecule has 1 atom stereocenters. The summed E-state index contributed by atoms with van der Waals surface area (Å²) in [5, 5.41) is 2.75. The molecule has 17 heavy (non-hydrogen) atoms. The number of hydrogen-bond acceptors (Lipinski definition) is 3. The predicted molar refractivity (Wildman–Crippen MR) is 70.4 cm³/mol. The summed E-state index contributed by atoms with van der Waals surface area (Å²) in [5.74, 6) is 0.664. The lowest BCUT2D eigenvalue weighted by Gasteiger charge is -2.09. The molecule has 4 nitrogen and oxygen atoms in total. The van der Waals surface area contributed by atoms with Gasteiger partial charge in [-0.05, 0) is 31.5 Å². The molecule has 0 aromatic heterocycles. The maximum atomic E-state index is 11.3. The molecule has 0 aliphatic carbocycles. The molecule has 0 saturated heterocycles. The largest absolute Gasteiger partial charge is 0.494 e. The summed E-state index contributed by atoms with van der Waals surface area (Å²) in [7, 11) is 0. The van der Waals surface area contributed by atoms with Gasteiger partial charge in [0.25, 0.3) is 0 Å². The second-order valence-corrected chi connectivity index (χ2v) is 3.59. The number of carbonyl (C=O) groups is 1. The van der Waals surface area contributed by atoms with Crippen LogP contribution in [0.5, 0.6) is 5.75 Å². The SMILES string of the molecule is CCOc1cccc(CNC(=O)C(C)N)c1.Cl. The molecule has 0 aliphatic heterocycles. The lowest BCUT2D eigenvalue weighted by atomic mass is 10.2. The number of hydrogen-bond donors (Lipinski definition) is 2. The molecule has 3 N–H and O–H groups in total. The molecule has 0 fully saturated rings. The first-order valence-corrected chi connectivity index (χ1v) is 5.38. The van der Waals surface area contributed by atoms with Crippen molar-refractivity contribution >= 4 is 18.3 Å². The van der Waals surface area contributed by atoms with Crippen molar-refractivity contribution < 1.29 is 9.53 Å². The molecule has 1 unspecified atom stereocenters. The monoisotopic (exact) mass is 258 g/mol. The molecule has 0 bridgehead atoms. The van der Waals surface area contributed by atoms with Gasteiger partial charge in [0.15, 0.2) is 0 Å². The summed E-state index contributed by atoms with van der Waals surface area (Å²) in [6.07, 6.45) is 0.